The summed E-state index contributed by atoms with van der Waals surface area (Å²) in [6.07, 6.45) is 1.73. The lowest BCUT2D eigenvalue weighted by Gasteiger charge is -2.29. The first kappa shape index (κ1) is 13.0. The molecule has 2 rings (SSSR count). The molecule has 0 amide bonds. The second-order valence-corrected chi connectivity index (χ2v) is 4.68. The SMILES string of the molecule is CC(O)CNc1cc(N2CCCC(F)C2)ncn1. The number of piperidine rings is 1. The van der Waals surface area contributed by atoms with Gasteiger partial charge < -0.3 is 15.3 Å². The number of anilines is 2. The van der Waals surface area contributed by atoms with Crippen LogP contribution in [0.2, 0.25) is 0 Å². The van der Waals surface area contributed by atoms with Gasteiger partial charge in [0.05, 0.1) is 12.6 Å². The van der Waals surface area contributed by atoms with Gasteiger partial charge in [-0.3, -0.25) is 0 Å². The van der Waals surface area contributed by atoms with E-state index in [0.29, 0.717) is 25.3 Å². The van der Waals surface area contributed by atoms with Crippen molar-refractivity contribution >= 4 is 11.6 Å². The van der Waals surface area contributed by atoms with E-state index in [1.807, 2.05) is 4.90 Å². The molecule has 0 saturated carbocycles. The van der Waals surface area contributed by atoms with Crippen LogP contribution >= 0.6 is 0 Å². The van der Waals surface area contributed by atoms with Crippen LogP contribution < -0.4 is 10.2 Å². The number of rotatable bonds is 4. The van der Waals surface area contributed by atoms with E-state index in [1.54, 1.807) is 13.0 Å². The number of hydrogen-bond acceptors (Lipinski definition) is 5. The molecule has 6 heteroatoms. The Bertz CT molecular complexity index is 388. The molecule has 0 aliphatic carbocycles. The number of aliphatic hydroxyl groups is 1. The second kappa shape index (κ2) is 5.95. The highest BCUT2D eigenvalue weighted by atomic mass is 19.1. The van der Waals surface area contributed by atoms with E-state index < -0.39 is 12.3 Å². The van der Waals surface area contributed by atoms with E-state index in [-0.39, 0.29) is 0 Å². The zero-order chi connectivity index (χ0) is 13.0. The predicted octanol–water partition coefficient (Wildman–Crippen LogP) is 1.21. The van der Waals surface area contributed by atoms with Crippen LogP contribution in [0.1, 0.15) is 19.8 Å². The molecule has 0 spiro atoms. The van der Waals surface area contributed by atoms with Gasteiger partial charge in [0.2, 0.25) is 0 Å². The fraction of sp³-hybridized carbons (Fsp3) is 0.667. The van der Waals surface area contributed by atoms with Crippen molar-refractivity contribution in [2.24, 2.45) is 0 Å². The summed E-state index contributed by atoms with van der Waals surface area (Å²) in [6, 6.07) is 1.79. The highest BCUT2D eigenvalue weighted by Gasteiger charge is 2.20. The highest BCUT2D eigenvalue weighted by Crippen LogP contribution is 2.20. The molecule has 2 heterocycles. The molecule has 18 heavy (non-hydrogen) atoms. The van der Waals surface area contributed by atoms with E-state index in [1.165, 1.54) is 6.33 Å². The molecule has 1 aliphatic heterocycles. The van der Waals surface area contributed by atoms with Gasteiger partial charge in [-0.1, -0.05) is 0 Å². The van der Waals surface area contributed by atoms with Crippen LogP contribution in [0.3, 0.4) is 0 Å². The molecule has 5 nitrogen and oxygen atoms in total. The number of alkyl halides is 1. The molecule has 100 valence electrons. The summed E-state index contributed by atoms with van der Waals surface area (Å²) in [5.41, 5.74) is 0. The minimum Gasteiger partial charge on any atom is -0.392 e. The van der Waals surface area contributed by atoms with Crippen molar-refractivity contribution < 1.29 is 9.50 Å². The van der Waals surface area contributed by atoms with Crippen LogP contribution in [0.25, 0.3) is 0 Å². The van der Waals surface area contributed by atoms with E-state index in [9.17, 15) is 9.50 Å². The van der Waals surface area contributed by atoms with Crippen molar-refractivity contribution in [2.75, 3.05) is 29.9 Å². The summed E-state index contributed by atoms with van der Waals surface area (Å²) in [7, 11) is 0. The quantitative estimate of drug-likeness (QED) is 0.845. The van der Waals surface area contributed by atoms with Crippen molar-refractivity contribution in [1.82, 2.24) is 9.97 Å². The lowest BCUT2D eigenvalue weighted by molar-refractivity contribution is 0.208. The summed E-state index contributed by atoms with van der Waals surface area (Å²) in [5.74, 6) is 1.39. The minimum atomic E-state index is -0.775. The molecule has 2 unspecified atom stereocenters. The van der Waals surface area contributed by atoms with Gasteiger partial charge >= 0.3 is 0 Å². The fourth-order valence-electron chi connectivity index (χ4n) is 2.00. The average molecular weight is 254 g/mol. The number of halogens is 1. The van der Waals surface area contributed by atoms with Crippen LogP contribution in [0.15, 0.2) is 12.4 Å². The van der Waals surface area contributed by atoms with Crippen molar-refractivity contribution in [3.8, 4) is 0 Å². The summed E-state index contributed by atoms with van der Waals surface area (Å²) >= 11 is 0. The standard InChI is InChI=1S/C12H19FN4O/c1-9(18)6-14-11-5-12(16-8-15-11)17-4-2-3-10(13)7-17/h5,8-10,18H,2-4,6-7H2,1H3,(H,14,15,16). The van der Waals surface area contributed by atoms with Gasteiger partial charge in [-0.25, -0.2) is 14.4 Å². The Hall–Kier alpha value is -1.43. The summed E-state index contributed by atoms with van der Waals surface area (Å²) < 4.78 is 13.3. The molecule has 1 fully saturated rings. The van der Waals surface area contributed by atoms with Crippen molar-refractivity contribution in [2.45, 2.75) is 32.0 Å². The first-order chi connectivity index (χ1) is 8.65. The Kier molecular flexibility index (Phi) is 4.30. The largest absolute Gasteiger partial charge is 0.392 e. The summed E-state index contributed by atoms with van der Waals surface area (Å²) in [5, 5.41) is 12.2. The molecule has 0 radical (unpaired) electrons. The first-order valence-electron chi connectivity index (χ1n) is 6.28. The molecular weight excluding hydrogens is 235 g/mol. The second-order valence-electron chi connectivity index (χ2n) is 4.68. The zero-order valence-electron chi connectivity index (χ0n) is 10.5. The topological polar surface area (TPSA) is 61.3 Å². The maximum Gasteiger partial charge on any atom is 0.134 e. The Morgan fingerprint density at radius 2 is 2.44 bits per heavy atom. The summed E-state index contributed by atoms with van der Waals surface area (Å²) in [4.78, 5) is 10.2. The van der Waals surface area contributed by atoms with E-state index >= 15 is 0 Å². The van der Waals surface area contributed by atoms with Gasteiger partial charge in [0.1, 0.15) is 24.1 Å². The van der Waals surface area contributed by atoms with Gasteiger partial charge in [-0.2, -0.15) is 0 Å². The number of hydrogen-bond donors (Lipinski definition) is 2. The van der Waals surface area contributed by atoms with Crippen LogP contribution in [-0.4, -0.2) is 47.0 Å². The lowest BCUT2D eigenvalue weighted by atomic mass is 10.1. The van der Waals surface area contributed by atoms with Crippen LogP contribution in [0.5, 0.6) is 0 Å². The molecule has 1 aromatic rings. The maximum atomic E-state index is 13.3. The minimum absolute atomic E-state index is 0.396. The van der Waals surface area contributed by atoms with Crippen LogP contribution in [0.4, 0.5) is 16.0 Å². The van der Waals surface area contributed by atoms with Crippen LogP contribution in [0, 0.1) is 0 Å². The highest BCUT2D eigenvalue weighted by molar-refractivity contribution is 5.48. The van der Waals surface area contributed by atoms with Gasteiger partial charge in [-0.15, -0.1) is 0 Å². The molecule has 0 aromatic carbocycles. The number of nitrogens with zero attached hydrogens (tertiary/aromatic N) is 3. The molecule has 2 atom stereocenters. The van der Waals surface area contributed by atoms with Gasteiger partial charge in [-0.05, 0) is 19.8 Å². The van der Waals surface area contributed by atoms with Gasteiger partial charge in [0, 0.05) is 19.2 Å². The molecule has 2 N–H and O–H groups in total. The van der Waals surface area contributed by atoms with Crippen molar-refractivity contribution in [3.05, 3.63) is 12.4 Å². The number of aliphatic hydroxyl groups excluding tert-OH is 1. The third-order valence-corrected chi connectivity index (χ3v) is 2.92. The molecular formula is C12H19FN4O. The van der Waals surface area contributed by atoms with Gasteiger partial charge in [0.25, 0.3) is 0 Å². The Morgan fingerprint density at radius 1 is 1.61 bits per heavy atom. The normalized spacial score (nSPS) is 21.7. The lowest BCUT2D eigenvalue weighted by Crippen LogP contribution is -2.36. The number of aromatic nitrogens is 2. The zero-order valence-corrected chi connectivity index (χ0v) is 10.5. The molecule has 0 bridgehead atoms. The van der Waals surface area contributed by atoms with E-state index in [2.05, 4.69) is 15.3 Å². The Morgan fingerprint density at radius 3 is 3.17 bits per heavy atom. The smallest absolute Gasteiger partial charge is 0.134 e. The van der Waals surface area contributed by atoms with Gasteiger partial charge in [0.15, 0.2) is 0 Å². The molecule has 1 aliphatic rings. The van der Waals surface area contributed by atoms with Crippen molar-refractivity contribution in [3.63, 3.8) is 0 Å². The van der Waals surface area contributed by atoms with Crippen LogP contribution in [-0.2, 0) is 0 Å². The molecule has 1 aromatic heterocycles. The first-order valence-corrected chi connectivity index (χ1v) is 6.28. The monoisotopic (exact) mass is 254 g/mol. The Balaban J connectivity index is 2.02. The van der Waals surface area contributed by atoms with E-state index in [4.69, 9.17) is 0 Å². The third-order valence-electron chi connectivity index (χ3n) is 2.92. The van der Waals surface area contributed by atoms with E-state index in [0.717, 1.165) is 18.8 Å². The maximum absolute atomic E-state index is 13.3. The fourth-order valence-corrected chi connectivity index (χ4v) is 2.00. The summed E-state index contributed by atoms with van der Waals surface area (Å²) in [6.45, 7) is 3.36. The predicted molar refractivity (Wildman–Crippen MR) is 68.5 cm³/mol. The number of nitrogens with one attached hydrogen (secondary N) is 1. The molecule has 1 saturated heterocycles. The third kappa shape index (κ3) is 3.53. The Labute approximate surface area is 106 Å². The van der Waals surface area contributed by atoms with Crippen molar-refractivity contribution in [1.29, 1.82) is 0 Å². The average Bonchev–Trinajstić information content (AvgIpc) is 2.37.